The molecule has 0 radical (unpaired) electrons. The number of ether oxygens (including phenoxy) is 1. The largest absolute Gasteiger partial charge is 0.468 e. The fourth-order valence-electron chi connectivity index (χ4n) is 2.17. The summed E-state index contributed by atoms with van der Waals surface area (Å²) >= 11 is 0. The minimum atomic E-state index is -0.818. The predicted octanol–water partition coefficient (Wildman–Crippen LogP) is 1.65. The summed E-state index contributed by atoms with van der Waals surface area (Å²) in [5.74, 6) is -1.71. The number of dihydropyridines is 1. The molecule has 1 heterocycles. The van der Waals surface area contributed by atoms with Gasteiger partial charge >= 0.3 is 5.97 Å². The van der Waals surface area contributed by atoms with Crippen LogP contribution in [0.1, 0.15) is 32.1 Å². The first-order valence-electron chi connectivity index (χ1n) is 5.62. The Morgan fingerprint density at radius 1 is 1.38 bits per heavy atom. The van der Waals surface area contributed by atoms with Gasteiger partial charge in [0, 0.05) is 5.71 Å². The molecule has 4 nitrogen and oxygen atoms in total. The van der Waals surface area contributed by atoms with Crippen molar-refractivity contribution in [2.24, 2.45) is 10.9 Å². The predicted molar refractivity (Wildman–Crippen MR) is 59.1 cm³/mol. The molecule has 1 aliphatic carbocycles. The van der Waals surface area contributed by atoms with Gasteiger partial charge in [-0.3, -0.25) is 9.59 Å². The summed E-state index contributed by atoms with van der Waals surface area (Å²) < 4.78 is 4.60. The van der Waals surface area contributed by atoms with Gasteiger partial charge in [0.25, 0.3) is 5.91 Å². The number of esters is 1. The molecule has 0 bridgehead atoms. The van der Waals surface area contributed by atoms with Crippen LogP contribution in [0.15, 0.2) is 16.6 Å². The lowest BCUT2D eigenvalue weighted by Gasteiger charge is -2.16. The molecule has 86 valence electrons. The van der Waals surface area contributed by atoms with Crippen molar-refractivity contribution in [3.8, 4) is 0 Å². The molecule has 4 heteroatoms. The summed E-state index contributed by atoms with van der Waals surface area (Å²) in [6, 6.07) is 0. The van der Waals surface area contributed by atoms with E-state index in [1.807, 2.05) is 0 Å². The van der Waals surface area contributed by atoms with Gasteiger partial charge in [-0.25, -0.2) is 4.99 Å². The van der Waals surface area contributed by atoms with Crippen LogP contribution >= 0.6 is 0 Å². The van der Waals surface area contributed by atoms with Gasteiger partial charge in [-0.05, 0) is 31.3 Å². The molecule has 0 saturated heterocycles. The maximum absolute atomic E-state index is 11.6. The minimum absolute atomic E-state index is 0.382. The van der Waals surface area contributed by atoms with E-state index in [2.05, 4.69) is 9.73 Å². The molecule has 1 aliphatic heterocycles. The van der Waals surface area contributed by atoms with Crippen molar-refractivity contribution in [1.29, 1.82) is 0 Å². The van der Waals surface area contributed by atoms with Crippen LogP contribution in [-0.2, 0) is 14.3 Å². The van der Waals surface area contributed by atoms with Crippen LogP contribution in [0.5, 0.6) is 0 Å². The van der Waals surface area contributed by atoms with E-state index in [1.54, 1.807) is 6.08 Å². The highest BCUT2D eigenvalue weighted by molar-refractivity contribution is 6.14. The number of aliphatic imine (C=N–C) groups is 1. The monoisotopic (exact) mass is 221 g/mol. The average Bonchev–Trinajstić information content (AvgIpc) is 2.51. The number of amides is 1. The Morgan fingerprint density at radius 2 is 2.12 bits per heavy atom. The Morgan fingerprint density at radius 3 is 2.88 bits per heavy atom. The second kappa shape index (κ2) is 4.60. The van der Waals surface area contributed by atoms with Gasteiger partial charge in [-0.2, -0.15) is 0 Å². The van der Waals surface area contributed by atoms with Gasteiger partial charge in [0.1, 0.15) is 0 Å². The maximum Gasteiger partial charge on any atom is 0.322 e. The molecule has 0 aromatic rings. The molecule has 1 fully saturated rings. The van der Waals surface area contributed by atoms with E-state index in [9.17, 15) is 9.59 Å². The summed E-state index contributed by atoms with van der Waals surface area (Å²) in [6.45, 7) is 0. The van der Waals surface area contributed by atoms with Gasteiger partial charge in [-0.15, -0.1) is 0 Å². The normalized spacial score (nSPS) is 25.1. The Balaban J connectivity index is 2.26. The highest BCUT2D eigenvalue weighted by Crippen LogP contribution is 2.26. The summed E-state index contributed by atoms with van der Waals surface area (Å²) in [7, 11) is 1.29. The molecule has 1 amide bonds. The van der Waals surface area contributed by atoms with Crippen LogP contribution < -0.4 is 0 Å². The number of hydrogen-bond donors (Lipinski definition) is 0. The van der Waals surface area contributed by atoms with Crippen LogP contribution in [-0.4, -0.2) is 24.7 Å². The van der Waals surface area contributed by atoms with E-state index in [1.165, 1.54) is 7.11 Å². The smallest absolute Gasteiger partial charge is 0.322 e. The van der Waals surface area contributed by atoms with Crippen LogP contribution in [0.25, 0.3) is 0 Å². The molecule has 0 N–H and O–H groups in total. The molecule has 0 aromatic heterocycles. The lowest BCUT2D eigenvalue weighted by molar-refractivity contribution is -0.147. The van der Waals surface area contributed by atoms with E-state index in [0.29, 0.717) is 0 Å². The first kappa shape index (κ1) is 11.0. The molecule has 1 saturated carbocycles. The number of carbonyl (C=O) groups is 2. The zero-order valence-corrected chi connectivity index (χ0v) is 9.36. The molecule has 16 heavy (non-hydrogen) atoms. The standard InChI is InChI=1S/C12H15NO3/c1-16-12(15)9-7-8-5-3-2-4-6-10(8)13-11(9)14/h7,9H,2-6H2,1H3. The van der Waals surface area contributed by atoms with E-state index < -0.39 is 11.9 Å². The summed E-state index contributed by atoms with van der Waals surface area (Å²) in [5.41, 5.74) is 1.94. The number of rotatable bonds is 1. The molecule has 2 aliphatic rings. The quantitative estimate of drug-likeness (QED) is 0.499. The van der Waals surface area contributed by atoms with Crippen molar-refractivity contribution in [2.75, 3.05) is 7.11 Å². The molecule has 1 unspecified atom stereocenters. The number of allylic oxidation sites excluding steroid dienone is 1. The van der Waals surface area contributed by atoms with Gasteiger partial charge in [0.05, 0.1) is 7.11 Å². The fourth-order valence-corrected chi connectivity index (χ4v) is 2.17. The van der Waals surface area contributed by atoms with Crippen molar-refractivity contribution in [3.63, 3.8) is 0 Å². The van der Waals surface area contributed by atoms with Gasteiger partial charge in [-0.1, -0.05) is 12.5 Å². The second-order valence-electron chi connectivity index (χ2n) is 4.15. The summed E-state index contributed by atoms with van der Waals surface area (Å²) in [4.78, 5) is 27.0. The molecule has 0 spiro atoms. The SMILES string of the molecule is COC(=O)C1C=C2CCCCCC2=NC1=O. The summed E-state index contributed by atoms with van der Waals surface area (Å²) in [6.07, 6.45) is 6.85. The second-order valence-corrected chi connectivity index (χ2v) is 4.15. The Bertz CT molecular complexity index is 382. The van der Waals surface area contributed by atoms with E-state index in [0.717, 1.165) is 43.4 Å². The third-order valence-corrected chi connectivity index (χ3v) is 3.06. The highest BCUT2D eigenvalue weighted by atomic mass is 16.5. The van der Waals surface area contributed by atoms with Gasteiger partial charge < -0.3 is 4.74 Å². The number of methoxy groups -OCH3 is 1. The zero-order chi connectivity index (χ0) is 11.5. The highest BCUT2D eigenvalue weighted by Gasteiger charge is 2.30. The van der Waals surface area contributed by atoms with Crippen LogP contribution in [0.3, 0.4) is 0 Å². The number of hydrogen-bond acceptors (Lipinski definition) is 3. The topological polar surface area (TPSA) is 55.7 Å². The van der Waals surface area contributed by atoms with E-state index in [4.69, 9.17) is 0 Å². The average molecular weight is 221 g/mol. The molecular weight excluding hydrogens is 206 g/mol. The first-order valence-corrected chi connectivity index (χ1v) is 5.62. The lowest BCUT2D eigenvalue weighted by Crippen LogP contribution is -2.27. The Hall–Kier alpha value is -1.45. The first-order chi connectivity index (χ1) is 7.72. The zero-order valence-electron chi connectivity index (χ0n) is 9.36. The Kier molecular flexibility index (Phi) is 3.17. The van der Waals surface area contributed by atoms with E-state index in [-0.39, 0.29) is 5.91 Å². The van der Waals surface area contributed by atoms with E-state index >= 15 is 0 Å². The minimum Gasteiger partial charge on any atom is -0.468 e. The Labute approximate surface area is 94.4 Å². The van der Waals surface area contributed by atoms with Crippen LogP contribution in [0, 0.1) is 5.92 Å². The third-order valence-electron chi connectivity index (χ3n) is 3.06. The lowest BCUT2D eigenvalue weighted by atomic mass is 9.95. The maximum atomic E-state index is 11.6. The van der Waals surface area contributed by atoms with Gasteiger partial charge in [0.2, 0.25) is 0 Å². The van der Waals surface area contributed by atoms with Gasteiger partial charge in [0.15, 0.2) is 5.92 Å². The third kappa shape index (κ3) is 2.05. The number of nitrogens with zero attached hydrogens (tertiary/aromatic N) is 1. The number of carbonyl (C=O) groups excluding carboxylic acids is 2. The van der Waals surface area contributed by atoms with Crippen molar-refractivity contribution in [1.82, 2.24) is 0 Å². The van der Waals surface area contributed by atoms with Crippen LogP contribution in [0.2, 0.25) is 0 Å². The van der Waals surface area contributed by atoms with Crippen molar-refractivity contribution in [2.45, 2.75) is 32.1 Å². The molecule has 1 atom stereocenters. The van der Waals surface area contributed by atoms with Crippen molar-refractivity contribution >= 4 is 17.6 Å². The summed E-state index contributed by atoms with van der Waals surface area (Å²) in [5, 5.41) is 0. The molecule has 0 aromatic carbocycles. The van der Waals surface area contributed by atoms with Crippen LogP contribution in [0.4, 0.5) is 0 Å². The molecule has 2 rings (SSSR count). The van der Waals surface area contributed by atoms with Crippen molar-refractivity contribution < 1.29 is 14.3 Å². The fraction of sp³-hybridized carbons (Fsp3) is 0.583. The number of fused-ring (bicyclic) bond motifs is 1. The molecular formula is C12H15NO3. The van der Waals surface area contributed by atoms with Crippen molar-refractivity contribution in [3.05, 3.63) is 11.6 Å².